The van der Waals surface area contributed by atoms with Crippen LogP contribution in [0.3, 0.4) is 0 Å². The van der Waals surface area contributed by atoms with Gasteiger partial charge in [-0.25, -0.2) is 22.0 Å². The Kier molecular flexibility index (Phi) is 13.5. The van der Waals surface area contributed by atoms with Crippen molar-refractivity contribution in [3.05, 3.63) is 75.6 Å². The van der Waals surface area contributed by atoms with Crippen LogP contribution < -0.4 is 15.0 Å². The van der Waals surface area contributed by atoms with Crippen molar-refractivity contribution < 1.29 is 31.8 Å². The number of phenols is 1. The summed E-state index contributed by atoms with van der Waals surface area (Å²) >= 11 is 6.70. The highest BCUT2D eigenvalue weighted by Crippen LogP contribution is 2.44. The van der Waals surface area contributed by atoms with Gasteiger partial charge in [0, 0.05) is 24.6 Å². The molecule has 0 saturated heterocycles. The topological polar surface area (TPSA) is 44.7 Å². The molecule has 0 radical (unpaired) electrons. The first-order chi connectivity index (χ1) is 22.5. The van der Waals surface area contributed by atoms with E-state index in [1.807, 2.05) is 13.0 Å². The fourth-order valence-electron chi connectivity index (χ4n) is 5.44. The van der Waals surface area contributed by atoms with Gasteiger partial charge in [0.1, 0.15) is 17.2 Å². The minimum atomic E-state index is -2.25. The average molecular weight is 697 g/mol. The van der Waals surface area contributed by atoms with Crippen LogP contribution >= 0.6 is 11.6 Å². The van der Waals surface area contributed by atoms with E-state index in [1.54, 1.807) is 0 Å². The van der Waals surface area contributed by atoms with Gasteiger partial charge in [-0.2, -0.15) is 0 Å². The molecule has 3 rings (SSSR count). The summed E-state index contributed by atoms with van der Waals surface area (Å²) in [7, 11) is 0. The number of benzene rings is 3. The second-order valence-corrected chi connectivity index (χ2v) is 14.1. The molecule has 0 spiro atoms. The largest absolute Gasteiger partial charge is 0.506 e. The molecule has 0 aliphatic rings. The Labute approximate surface area is 287 Å². The van der Waals surface area contributed by atoms with Gasteiger partial charge in [-0.05, 0) is 54.2 Å². The Hall–Kier alpha value is -3.20. The molecule has 0 bridgehead atoms. The van der Waals surface area contributed by atoms with Crippen molar-refractivity contribution in [2.75, 3.05) is 16.8 Å². The number of nitrogens with zero attached hydrogens (tertiary/aromatic N) is 1. The summed E-state index contributed by atoms with van der Waals surface area (Å²) in [5.74, 6) is -10.1. The highest BCUT2D eigenvalue weighted by Gasteiger charge is 2.32. The number of rotatable bonds is 17. The van der Waals surface area contributed by atoms with E-state index in [-0.39, 0.29) is 33.8 Å². The van der Waals surface area contributed by atoms with Gasteiger partial charge in [0.15, 0.2) is 29.5 Å². The van der Waals surface area contributed by atoms with Crippen LogP contribution in [0.15, 0.2) is 30.3 Å². The second-order valence-electron chi connectivity index (χ2n) is 13.7. The van der Waals surface area contributed by atoms with E-state index < -0.39 is 46.8 Å². The van der Waals surface area contributed by atoms with Crippen LogP contribution in [0.4, 0.5) is 39.0 Å². The molecule has 3 aromatic rings. The van der Waals surface area contributed by atoms with Crippen LogP contribution in [0.1, 0.15) is 118 Å². The predicted molar refractivity (Wildman–Crippen MR) is 187 cm³/mol. The fourth-order valence-corrected chi connectivity index (χ4v) is 5.65. The number of aromatic hydroxyl groups is 1. The number of hydrogen-bond donors (Lipinski definition) is 2. The van der Waals surface area contributed by atoms with Gasteiger partial charge in [0.2, 0.25) is 5.82 Å². The van der Waals surface area contributed by atoms with E-state index in [4.69, 9.17) is 16.3 Å². The highest BCUT2D eigenvalue weighted by atomic mass is 35.5. The quantitative estimate of drug-likeness (QED) is 0.0485. The molecule has 0 saturated carbocycles. The molecular weight excluding hydrogens is 647 g/mol. The molecule has 0 fully saturated rings. The zero-order valence-electron chi connectivity index (χ0n) is 29.4. The summed E-state index contributed by atoms with van der Waals surface area (Å²) in [6.45, 7) is 16.9. The number of nitrogens with one attached hydrogen (secondary N) is 1. The van der Waals surface area contributed by atoms with Gasteiger partial charge in [-0.1, -0.05) is 98.4 Å². The van der Waals surface area contributed by atoms with Crippen LogP contribution in [0.25, 0.3) is 0 Å². The SMILES string of the molecule is CCCCCN(c1cc(Cl)c(NC(CCCC)Oc2ccc(C(C)(C)CC)cc2C(C)(C)CC)cc1O)c1c(F)c(F)c(F)c(F)c1F. The molecule has 48 heavy (non-hydrogen) atoms. The summed E-state index contributed by atoms with van der Waals surface area (Å²) in [4.78, 5) is 0.889. The maximum absolute atomic E-state index is 15.0. The summed E-state index contributed by atoms with van der Waals surface area (Å²) < 4.78 is 79.1. The maximum atomic E-state index is 15.0. The van der Waals surface area contributed by atoms with Gasteiger partial charge in [0.05, 0.1) is 16.4 Å². The third kappa shape index (κ3) is 8.68. The molecule has 0 amide bonds. The monoisotopic (exact) mass is 696 g/mol. The number of hydrogen-bond acceptors (Lipinski definition) is 4. The Morgan fingerprint density at radius 2 is 1.38 bits per heavy atom. The zero-order valence-corrected chi connectivity index (χ0v) is 30.2. The van der Waals surface area contributed by atoms with Gasteiger partial charge in [0.25, 0.3) is 0 Å². The molecule has 2 N–H and O–H groups in total. The first-order valence-electron chi connectivity index (χ1n) is 16.9. The number of unbranched alkanes of at least 4 members (excludes halogenated alkanes) is 3. The lowest BCUT2D eigenvalue weighted by Crippen LogP contribution is -2.29. The van der Waals surface area contributed by atoms with Crippen LogP contribution in [-0.4, -0.2) is 17.9 Å². The molecule has 266 valence electrons. The molecule has 3 aromatic carbocycles. The molecule has 10 heteroatoms. The minimum absolute atomic E-state index is 0.0224. The maximum Gasteiger partial charge on any atom is 0.200 e. The number of phenolic OH excluding ortho intramolecular Hbond substituents is 1. The zero-order chi connectivity index (χ0) is 36.0. The van der Waals surface area contributed by atoms with E-state index >= 15 is 8.78 Å². The second kappa shape index (κ2) is 16.5. The number of ether oxygens (including phenoxy) is 1. The van der Waals surface area contributed by atoms with Crippen molar-refractivity contribution in [1.29, 1.82) is 0 Å². The average Bonchev–Trinajstić information content (AvgIpc) is 3.06. The van der Waals surface area contributed by atoms with E-state index in [0.29, 0.717) is 19.3 Å². The molecule has 0 aliphatic heterocycles. The molecule has 0 heterocycles. The predicted octanol–water partition coefficient (Wildman–Crippen LogP) is 12.5. The molecule has 0 aliphatic carbocycles. The number of halogens is 6. The molecular formula is C38H50ClF5N2O2. The summed E-state index contributed by atoms with van der Waals surface area (Å²) in [5, 5.41) is 14.5. The lowest BCUT2D eigenvalue weighted by molar-refractivity contribution is 0.210. The Morgan fingerprint density at radius 3 is 1.94 bits per heavy atom. The number of anilines is 3. The third-order valence-electron chi connectivity index (χ3n) is 9.46. The molecule has 1 atom stereocenters. The summed E-state index contributed by atoms with van der Waals surface area (Å²) in [6.07, 6.45) is 5.29. The van der Waals surface area contributed by atoms with Crippen molar-refractivity contribution in [3.8, 4) is 11.5 Å². The van der Waals surface area contributed by atoms with E-state index in [1.165, 1.54) is 17.7 Å². The molecule has 0 aromatic heterocycles. The third-order valence-corrected chi connectivity index (χ3v) is 9.77. The Morgan fingerprint density at radius 1 is 0.792 bits per heavy atom. The van der Waals surface area contributed by atoms with Gasteiger partial charge < -0.3 is 20.1 Å². The van der Waals surface area contributed by atoms with Crippen molar-refractivity contribution in [2.45, 2.75) is 124 Å². The van der Waals surface area contributed by atoms with Crippen LogP contribution in [0, 0.1) is 29.1 Å². The molecule has 4 nitrogen and oxygen atoms in total. The van der Waals surface area contributed by atoms with E-state index in [2.05, 4.69) is 65.9 Å². The van der Waals surface area contributed by atoms with Crippen molar-refractivity contribution in [3.63, 3.8) is 0 Å². The van der Waals surface area contributed by atoms with Gasteiger partial charge in [-0.15, -0.1) is 0 Å². The normalized spacial score (nSPS) is 12.7. The first-order valence-corrected chi connectivity index (χ1v) is 17.3. The summed E-state index contributed by atoms with van der Waals surface area (Å²) in [6, 6.07) is 8.85. The van der Waals surface area contributed by atoms with Crippen molar-refractivity contribution in [1.82, 2.24) is 0 Å². The first kappa shape index (κ1) is 39.2. The van der Waals surface area contributed by atoms with Crippen LogP contribution in [0.2, 0.25) is 5.02 Å². The highest BCUT2D eigenvalue weighted by molar-refractivity contribution is 6.33. The van der Waals surface area contributed by atoms with E-state index in [0.717, 1.165) is 48.3 Å². The smallest absolute Gasteiger partial charge is 0.200 e. The molecule has 1 unspecified atom stereocenters. The van der Waals surface area contributed by atoms with E-state index in [9.17, 15) is 18.3 Å². The van der Waals surface area contributed by atoms with Crippen LogP contribution in [-0.2, 0) is 10.8 Å². The fraction of sp³-hybridized carbons (Fsp3) is 0.526. The Balaban J connectivity index is 2.07. The van der Waals surface area contributed by atoms with Crippen LogP contribution in [0.5, 0.6) is 11.5 Å². The van der Waals surface area contributed by atoms with Gasteiger partial charge >= 0.3 is 0 Å². The van der Waals surface area contributed by atoms with Gasteiger partial charge in [-0.3, -0.25) is 0 Å². The lowest BCUT2D eigenvalue weighted by atomic mass is 9.76. The van der Waals surface area contributed by atoms with Crippen molar-refractivity contribution in [2.24, 2.45) is 0 Å². The summed E-state index contributed by atoms with van der Waals surface area (Å²) in [5.41, 5.74) is 1.01. The lowest BCUT2D eigenvalue weighted by Gasteiger charge is -2.32. The Bertz CT molecular complexity index is 1530. The minimum Gasteiger partial charge on any atom is -0.506 e. The van der Waals surface area contributed by atoms with Crippen molar-refractivity contribution >= 4 is 28.7 Å². The standard InChI is InChI=1S/C38H50ClF5N2O2/c1-9-13-15-19-46(36-34(43)32(41)31(40)33(42)35(36)44)27-21-25(39)26(22-28(27)47)45-30(16-14-10-2)48-29-18-17-23(37(5,6)11-3)20-24(29)38(7,8)12-4/h17-18,20-22,30,45,47H,9-16,19H2,1-8H3.